The van der Waals surface area contributed by atoms with Gasteiger partial charge in [0.2, 0.25) is 0 Å². The van der Waals surface area contributed by atoms with Gasteiger partial charge in [-0.3, -0.25) is 9.59 Å². The van der Waals surface area contributed by atoms with Crippen molar-refractivity contribution in [2.24, 2.45) is 0 Å². The summed E-state index contributed by atoms with van der Waals surface area (Å²) in [5, 5.41) is 3.33. The van der Waals surface area contributed by atoms with Gasteiger partial charge < -0.3 is 19.9 Å². The van der Waals surface area contributed by atoms with Crippen LogP contribution in [0.1, 0.15) is 46.5 Å². The van der Waals surface area contributed by atoms with Crippen molar-refractivity contribution in [2.45, 2.75) is 32.9 Å². The number of amides is 2. The summed E-state index contributed by atoms with van der Waals surface area (Å²) in [7, 11) is 5.52. The highest BCUT2D eigenvalue weighted by Gasteiger charge is 2.23. The van der Waals surface area contributed by atoms with E-state index in [1.807, 2.05) is 49.0 Å². The van der Waals surface area contributed by atoms with E-state index >= 15 is 0 Å². The standard InChI is InChI=1S/C28H32ClN3O3/c1-6-19(2)32(28(34)20-11-14-23(35-5)15-12-20)18-21-17-22(13-16-26(21)31(3)4)30-27(33)24-9-7-8-10-25(24)29/h7-17,19H,6,18H2,1-5H3,(H,30,33)/t19-/m1/s1. The van der Waals surface area contributed by atoms with Crippen molar-refractivity contribution in [3.63, 3.8) is 0 Å². The fourth-order valence-electron chi connectivity index (χ4n) is 3.80. The van der Waals surface area contributed by atoms with E-state index in [1.165, 1.54) is 0 Å². The van der Waals surface area contributed by atoms with Crippen LogP contribution >= 0.6 is 11.6 Å². The molecule has 0 heterocycles. The second-order valence-corrected chi connectivity index (χ2v) is 9.00. The molecule has 184 valence electrons. The van der Waals surface area contributed by atoms with Gasteiger partial charge in [-0.25, -0.2) is 0 Å². The molecule has 6 nitrogen and oxygen atoms in total. The lowest BCUT2D eigenvalue weighted by Gasteiger charge is -2.31. The largest absolute Gasteiger partial charge is 0.497 e. The Morgan fingerprint density at radius 2 is 1.71 bits per heavy atom. The third-order valence-corrected chi connectivity index (χ3v) is 6.33. The minimum Gasteiger partial charge on any atom is -0.497 e. The first-order chi connectivity index (χ1) is 16.7. The van der Waals surface area contributed by atoms with Crippen LogP contribution in [-0.2, 0) is 6.54 Å². The molecule has 3 aromatic carbocycles. The number of ether oxygens (including phenoxy) is 1. The first kappa shape index (κ1) is 26.1. The summed E-state index contributed by atoms with van der Waals surface area (Å²) < 4.78 is 5.23. The van der Waals surface area contributed by atoms with Gasteiger partial charge in [-0.15, -0.1) is 0 Å². The van der Waals surface area contributed by atoms with Crippen LogP contribution in [0.15, 0.2) is 66.7 Å². The van der Waals surface area contributed by atoms with Crippen LogP contribution in [-0.4, -0.2) is 44.0 Å². The molecule has 0 unspecified atom stereocenters. The fraction of sp³-hybridized carbons (Fsp3) is 0.286. The number of hydrogen-bond donors (Lipinski definition) is 1. The van der Waals surface area contributed by atoms with E-state index in [1.54, 1.807) is 55.6 Å². The molecule has 7 heteroatoms. The highest BCUT2D eigenvalue weighted by molar-refractivity contribution is 6.34. The van der Waals surface area contributed by atoms with Crippen molar-refractivity contribution in [2.75, 3.05) is 31.4 Å². The van der Waals surface area contributed by atoms with Crippen molar-refractivity contribution < 1.29 is 14.3 Å². The third-order valence-electron chi connectivity index (χ3n) is 6.00. The molecule has 1 N–H and O–H groups in total. The van der Waals surface area contributed by atoms with Crippen LogP contribution < -0.4 is 15.0 Å². The second kappa shape index (κ2) is 11.8. The second-order valence-electron chi connectivity index (χ2n) is 8.59. The number of nitrogens with zero attached hydrogens (tertiary/aromatic N) is 2. The van der Waals surface area contributed by atoms with E-state index in [9.17, 15) is 9.59 Å². The van der Waals surface area contributed by atoms with Crippen molar-refractivity contribution in [1.82, 2.24) is 4.90 Å². The van der Waals surface area contributed by atoms with Crippen molar-refractivity contribution in [3.8, 4) is 5.75 Å². The van der Waals surface area contributed by atoms with Gasteiger partial charge in [0.25, 0.3) is 11.8 Å². The maximum atomic E-state index is 13.5. The molecular weight excluding hydrogens is 462 g/mol. The number of carbonyl (C=O) groups is 2. The number of benzene rings is 3. The van der Waals surface area contributed by atoms with Crippen LogP contribution in [0.25, 0.3) is 0 Å². The van der Waals surface area contributed by atoms with E-state index in [0.717, 1.165) is 17.7 Å². The molecular formula is C28H32ClN3O3. The molecule has 2 amide bonds. The molecule has 3 rings (SSSR count). The first-order valence-electron chi connectivity index (χ1n) is 11.6. The van der Waals surface area contributed by atoms with Gasteiger partial charge in [-0.05, 0) is 73.5 Å². The van der Waals surface area contributed by atoms with Crippen LogP contribution in [0.5, 0.6) is 5.75 Å². The van der Waals surface area contributed by atoms with Crippen LogP contribution in [0.2, 0.25) is 5.02 Å². The highest BCUT2D eigenvalue weighted by Crippen LogP contribution is 2.27. The van der Waals surface area contributed by atoms with Crippen molar-refractivity contribution in [3.05, 3.63) is 88.4 Å². The summed E-state index contributed by atoms with van der Waals surface area (Å²) in [6, 6.07) is 19.8. The predicted octanol–water partition coefficient (Wildman–Crippen LogP) is 6.11. The number of anilines is 2. The zero-order valence-corrected chi connectivity index (χ0v) is 21.6. The molecule has 0 fully saturated rings. The molecule has 0 radical (unpaired) electrons. The minimum atomic E-state index is -0.285. The SMILES string of the molecule is CC[C@@H](C)N(Cc1cc(NC(=O)c2ccccc2Cl)ccc1N(C)C)C(=O)c1ccc(OC)cc1. The van der Waals surface area contributed by atoms with E-state index in [2.05, 4.69) is 12.2 Å². The Bertz CT molecular complexity index is 1180. The lowest BCUT2D eigenvalue weighted by molar-refractivity contribution is 0.0671. The Labute approximate surface area is 212 Å². The lowest BCUT2D eigenvalue weighted by atomic mass is 10.1. The summed E-state index contributed by atoms with van der Waals surface area (Å²) in [5.74, 6) is 0.359. The normalized spacial score (nSPS) is 11.5. The number of methoxy groups -OCH3 is 1. The van der Waals surface area contributed by atoms with Gasteiger partial charge >= 0.3 is 0 Å². The quantitative estimate of drug-likeness (QED) is 0.390. The molecule has 0 saturated carbocycles. The van der Waals surface area contributed by atoms with E-state index in [-0.39, 0.29) is 17.9 Å². The molecule has 1 atom stereocenters. The fourth-order valence-corrected chi connectivity index (χ4v) is 4.02. The van der Waals surface area contributed by atoms with E-state index in [4.69, 9.17) is 16.3 Å². The smallest absolute Gasteiger partial charge is 0.257 e. The summed E-state index contributed by atoms with van der Waals surface area (Å²) in [6.45, 7) is 4.50. The van der Waals surface area contributed by atoms with Gasteiger partial charge in [0, 0.05) is 43.6 Å². The Kier molecular flexibility index (Phi) is 8.77. The van der Waals surface area contributed by atoms with Gasteiger partial charge in [0.1, 0.15) is 5.75 Å². The Hall–Kier alpha value is -3.51. The van der Waals surface area contributed by atoms with Crippen LogP contribution in [0.4, 0.5) is 11.4 Å². The zero-order chi connectivity index (χ0) is 25.5. The van der Waals surface area contributed by atoms with Gasteiger partial charge in [-0.2, -0.15) is 0 Å². The Morgan fingerprint density at radius 1 is 1.03 bits per heavy atom. The summed E-state index contributed by atoms with van der Waals surface area (Å²) >= 11 is 6.20. The maximum Gasteiger partial charge on any atom is 0.257 e. The van der Waals surface area contributed by atoms with Crippen LogP contribution in [0, 0.1) is 0 Å². The van der Waals surface area contributed by atoms with Crippen molar-refractivity contribution in [1.29, 1.82) is 0 Å². The summed E-state index contributed by atoms with van der Waals surface area (Å²) in [6.07, 6.45) is 0.808. The average Bonchev–Trinajstić information content (AvgIpc) is 2.86. The number of halogens is 1. The predicted molar refractivity (Wildman–Crippen MR) is 143 cm³/mol. The van der Waals surface area contributed by atoms with Gasteiger partial charge in [-0.1, -0.05) is 30.7 Å². The van der Waals surface area contributed by atoms with Crippen molar-refractivity contribution >= 4 is 34.8 Å². The van der Waals surface area contributed by atoms with Gasteiger partial charge in [0.05, 0.1) is 17.7 Å². The Morgan fingerprint density at radius 3 is 2.31 bits per heavy atom. The molecule has 0 spiro atoms. The molecule has 0 aliphatic heterocycles. The topological polar surface area (TPSA) is 61.9 Å². The summed E-state index contributed by atoms with van der Waals surface area (Å²) in [5.41, 5.74) is 3.53. The van der Waals surface area contributed by atoms with E-state index in [0.29, 0.717) is 34.1 Å². The Balaban J connectivity index is 1.92. The number of rotatable bonds is 9. The average molecular weight is 494 g/mol. The molecule has 0 aliphatic rings. The molecule has 3 aromatic rings. The molecule has 35 heavy (non-hydrogen) atoms. The zero-order valence-electron chi connectivity index (χ0n) is 20.8. The van der Waals surface area contributed by atoms with Gasteiger partial charge in [0.15, 0.2) is 0 Å². The van der Waals surface area contributed by atoms with E-state index < -0.39 is 0 Å². The third kappa shape index (κ3) is 6.34. The molecule has 0 saturated heterocycles. The number of nitrogens with one attached hydrogen (secondary N) is 1. The number of hydrogen-bond acceptors (Lipinski definition) is 4. The molecule has 0 aliphatic carbocycles. The summed E-state index contributed by atoms with van der Waals surface area (Å²) in [4.78, 5) is 30.2. The lowest BCUT2D eigenvalue weighted by Crippen LogP contribution is -2.38. The number of carbonyl (C=O) groups excluding carboxylic acids is 2. The molecule has 0 bridgehead atoms. The monoisotopic (exact) mass is 493 g/mol. The highest BCUT2D eigenvalue weighted by atomic mass is 35.5. The first-order valence-corrected chi connectivity index (χ1v) is 11.9. The van der Waals surface area contributed by atoms with Crippen LogP contribution in [0.3, 0.4) is 0 Å². The molecule has 0 aromatic heterocycles. The maximum absolute atomic E-state index is 13.5. The minimum absolute atomic E-state index is 0.0148.